The van der Waals surface area contributed by atoms with Crippen molar-refractivity contribution in [2.45, 2.75) is 43.7 Å². The third kappa shape index (κ3) is 10.4. The van der Waals surface area contributed by atoms with Crippen LogP contribution in [0.4, 0.5) is 0 Å². The zero-order chi connectivity index (χ0) is 22.5. The van der Waals surface area contributed by atoms with Gasteiger partial charge in [0.15, 0.2) is 0 Å². The fraction of sp³-hybridized carbons (Fsp3) is 0.875. The molecule has 168 valence electrons. The van der Waals surface area contributed by atoms with Crippen LogP contribution in [0.5, 0.6) is 0 Å². The number of hydrogen-bond donors (Lipinski definition) is 2. The smallest absolute Gasteiger partial charge is 0.462 e. The first-order chi connectivity index (χ1) is 13.6. The van der Waals surface area contributed by atoms with Crippen LogP contribution in [-0.2, 0) is 27.6 Å². The summed E-state index contributed by atoms with van der Waals surface area (Å²) < 4.78 is 21.0. The third-order valence-corrected chi connectivity index (χ3v) is 7.74. The van der Waals surface area contributed by atoms with Crippen molar-refractivity contribution in [1.29, 1.82) is 0 Å². The number of carbonyl (C=O) groups is 2. The molecule has 2 N–H and O–H groups in total. The van der Waals surface area contributed by atoms with Crippen LogP contribution in [0.3, 0.4) is 0 Å². The minimum atomic E-state index is -2.67. The lowest BCUT2D eigenvalue weighted by atomic mass is 9.86. The number of esters is 1. The Labute approximate surface area is 180 Å². The number of carbonyl (C=O) groups excluding carboxylic acids is 2. The summed E-state index contributed by atoms with van der Waals surface area (Å²) in [6.45, 7) is 3.37. The molecule has 0 fully saturated rings. The molecule has 0 aromatic heterocycles. The highest BCUT2D eigenvalue weighted by atomic mass is 79.9. The molecule has 0 bridgehead atoms. The zero-order valence-corrected chi connectivity index (χ0v) is 20.1. The number of aliphatic hydroxyl groups excluding tert-OH is 1. The largest absolute Gasteiger partial charge is 0.500 e. The van der Waals surface area contributed by atoms with Gasteiger partial charge in [-0.2, -0.15) is 0 Å². The van der Waals surface area contributed by atoms with E-state index in [-0.39, 0.29) is 25.5 Å². The van der Waals surface area contributed by atoms with Crippen LogP contribution in [0.1, 0.15) is 26.7 Å². The average Bonchev–Trinajstić information content (AvgIpc) is 2.70. The van der Waals surface area contributed by atoms with Crippen molar-refractivity contribution < 1.29 is 32.7 Å². The second-order valence-corrected chi connectivity index (χ2v) is 11.1. The molecule has 0 aromatic carbocycles. The molecule has 0 saturated heterocycles. The van der Waals surface area contributed by atoms with E-state index in [2.05, 4.69) is 31.3 Å². The van der Waals surface area contributed by atoms with Crippen molar-refractivity contribution in [3.8, 4) is 0 Å². The van der Waals surface area contributed by atoms with E-state index in [9.17, 15) is 14.7 Å². The van der Waals surface area contributed by atoms with E-state index in [0.29, 0.717) is 19.0 Å². The number of alkyl halides is 1. The van der Waals surface area contributed by atoms with Crippen LogP contribution in [0.15, 0.2) is 5.11 Å². The second kappa shape index (κ2) is 13.9. The second-order valence-electron chi connectivity index (χ2n) is 6.91. The van der Waals surface area contributed by atoms with Crippen molar-refractivity contribution in [2.75, 3.05) is 41.0 Å². The van der Waals surface area contributed by atoms with Crippen LogP contribution in [0, 0.1) is 5.41 Å². The zero-order valence-electron chi connectivity index (χ0n) is 17.5. The summed E-state index contributed by atoms with van der Waals surface area (Å²) in [7, 11) is 1.93. The molecule has 11 nitrogen and oxygen atoms in total. The predicted octanol–water partition coefficient (Wildman–Crippen LogP) is 1.76. The molecule has 0 aliphatic rings. The van der Waals surface area contributed by atoms with Crippen molar-refractivity contribution in [3.05, 3.63) is 10.4 Å². The molecule has 1 amide bonds. The van der Waals surface area contributed by atoms with Crippen molar-refractivity contribution in [2.24, 2.45) is 10.5 Å². The van der Waals surface area contributed by atoms with Gasteiger partial charge in [0.25, 0.3) is 0 Å². The number of ether oxygens (including phenoxy) is 1. The maximum atomic E-state index is 12.5. The van der Waals surface area contributed by atoms with Gasteiger partial charge in [-0.15, -0.1) is 0 Å². The maximum absolute atomic E-state index is 12.5. The van der Waals surface area contributed by atoms with Gasteiger partial charge in [0.05, 0.1) is 12.6 Å². The molecule has 0 radical (unpaired) electrons. The SMILES string of the molecule is CO[Si](CCCNC(=O)C(C)(C)CC(Br)C(=O)OCC(O)CN=[N+]=[N-])(OC)OC. The number of aliphatic hydroxyl groups is 1. The average molecular weight is 499 g/mol. The van der Waals surface area contributed by atoms with E-state index < -0.39 is 31.1 Å². The van der Waals surface area contributed by atoms with Crippen molar-refractivity contribution >= 4 is 36.6 Å². The third-order valence-electron chi connectivity index (χ3n) is 4.21. The Bertz CT molecular complexity index is 563. The van der Waals surface area contributed by atoms with Crippen molar-refractivity contribution in [3.63, 3.8) is 0 Å². The van der Waals surface area contributed by atoms with Gasteiger partial charge in [0, 0.05) is 44.2 Å². The van der Waals surface area contributed by atoms with E-state index in [0.717, 1.165) is 0 Å². The van der Waals surface area contributed by atoms with Gasteiger partial charge in [-0.25, -0.2) is 0 Å². The molecule has 0 heterocycles. The number of azide groups is 1. The van der Waals surface area contributed by atoms with Gasteiger partial charge in [-0.05, 0) is 18.4 Å². The topological polar surface area (TPSA) is 152 Å². The fourth-order valence-electron chi connectivity index (χ4n) is 2.38. The molecule has 0 aliphatic heterocycles. The number of nitrogens with zero attached hydrogens (tertiary/aromatic N) is 3. The van der Waals surface area contributed by atoms with Crippen molar-refractivity contribution in [1.82, 2.24) is 5.32 Å². The lowest BCUT2D eigenvalue weighted by molar-refractivity contribution is -0.146. The highest BCUT2D eigenvalue weighted by Gasteiger charge is 2.37. The molecule has 0 spiro atoms. The molecule has 13 heteroatoms. The quantitative estimate of drug-likeness (QED) is 0.0662. The number of rotatable bonds is 15. The van der Waals surface area contributed by atoms with E-state index in [4.69, 9.17) is 23.5 Å². The first kappa shape index (κ1) is 27.8. The Kier molecular flexibility index (Phi) is 13.3. The lowest BCUT2D eigenvalue weighted by Gasteiger charge is -2.27. The maximum Gasteiger partial charge on any atom is 0.500 e. The van der Waals surface area contributed by atoms with Crippen LogP contribution in [0.2, 0.25) is 6.04 Å². The molecule has 0 saturated carbocycles. The Balaban J connectivity index is 4.44. The summed E-state index contributed by atoms with van der Waals surface area (Å²) in [5.41, 5.74) is 7.35. The molecule has 29 heavy (non-hydrogen) atoms. The Hall–Kier alpha value is -1.21. The van der Waals surface area contributed by atoms with Crippen LogP contribution >= 0.6 is 15.9 Å². The molecule has 2 atom stereocenters. The molecule has 0 rings (SSSR count). The molecular formula is C16H31BrN4O7Si. The van der Waals surface area contributed by atoms with E-state index >= 15 is 0 Å². The van der Waals surface area contributed by atoms with Crippen LogP contribution in [-0.4, -0.2) is 77.7 Å². The van der Waals surface area contributed by atoms with Gasteiger partial charge in [0.2, 0.25) is 5.91 Å². The van der Waals surface area contributed by atoms with Gasteiger partial charge >= 0.3 is 14.8 Å². The van der Waals surface area contributed by atoms with Crippen LogP contribution in [0.25, 0.3) is 10.4 Å². The normalized spacial score (nSPS) is 13.9. The number of hydrogen-bond acceptors (Lipinski definition) is 8. The molecule has 0 aliphatic carbocycles. The summed E-state index contributed by atoms with van der Waals surface area (Å²) in [6, 6.07) is 0.558. The summed E-state index contributed by atoms with van der Waals surface area (Å²) in [5.74, 6) is -0.820. The van der Waals surface area contributed by atoms with E-state index in [1.807, 2.05) is 0 Å². The minimum absolute atomic E-state index is 0.190. The summed E-state index contributed by atoms with van der Waals surface area (Å²) in [4.78, 5) is 26.3. The Morgan fingerprint density at radius 3 is 2.38 bits per heavy atom. The Morgan fingerprint density at radius 2 is 1.86 bits per heavy atom. The first-order valence-electron chi connectivity index (χ1n) is 9.00. The van der Waals surface area contributed by atoms with Gasteiger partial charge in [0.1, 0.15) is 11.4 Å². The first-order valence-corrected chi connectivity index (χ1v) is 11.9. The summed E-state index contributed by atoms with van der Waals surface area (Å²) in [5, 5.41) is 15.6. The Morgan fingerprint density at radius 1 is 1.28 bits per heavy atom. The number of nitrogens with one attached hydrogen (secondary N) is 1. The number of amides is 1. The fourth-order valence-corrected chi connectivity index (χ4v) is 5.04. The molecule has 0 aromatic rings. The summed E-state index contributed by atoms with van der Waals surface area (Å²) >= 11 is 3.22. The monoisotopic (exact) mass is 498 g/mol. The lowest BCUT2D eigenvalue weighted by Crippen LogP contribution is -2.44. The van der Waals surface area contributed by atoms with E-state index in [1.165, 1.54) is 21.3 Å². The molecular weight excluding hydrogens is 468 g/mol. The minimum Gasteiger partial charge on any atom is -0.462 e. The highest BCUT2D eigenvalue weighted by Crippen LogP contribution is 2.27. The van der Waals surface area contributed by atoms with Gasteiger partial charge in [-0.3, -0.25) is 9.59 Å². The predicted molar refractivity (Wildman–Crippen MR) is 111 cm³/mol. The summed E-state index contributed by atoms with van der Waals surface area (Å²) in [6.07, 6.45) is -0.267. The standard InChI is InChI=1S/C16H31BrN4O7Si/c1-16(2,9-13(17)14(23)28-11-12(22)10-20-21-18)15(24)19-7-6-8-29(25-3,26-4)27-5/h12-13,22H,6-11H2,1-5H3,(H,19,24). The highest BCUT2D eigenvalue weighted by molar-refractivity contribution is 9.10. The van der Waals surface area contributed by atoms with Gasteiger partial charge in [-0.1, -0.05) is 34.9 Å². The molecule has 2 unspecified atom stereocenters. The number of halogens is 1. The van der Waals surface area contributed by atoms with Gasteiger partial charge < -0.3 is 28.4 Å². The van der Waals surface area contributed by atoms with E-state index in [1.54, 1.807) is 13.8 Å². The van der Waals surface area contributed by atoms with Crippen LogP contribution < -0.4 is 5.32 Å².